The van der Waals surface area contributed by atoms with E-state index in [4.69, 9.17) is 4.74 Å². The molecule has 1 amide bonds. The molecule has 0 fully saturated rings. The van der Waals surface area contributed by atoms with Crippen molar-refractivity contribution in [3.05, 3.63) is 0 Å². The van der Waals surface area contributed by atoms with Crippen LogP contribution in [-0.2, 0) is 14.3 Å². The lowest BCUT2D eigenvalue weighted by Crippen LogP contribution is -2.25. The summed E-state index contributed by atoms with van der Waals surface area (Å²) in [7, 11) is 0. The van der Waals surface area contributed by atoms with Gasteiger partial charge in [0.2, 0.25) is 5.91 Å². The molecule has 0 spiro atoms. The van der Waals surface area contributed by atoms with Crippen molar-refractivity contribution in [3.63, 3.8) is 0 Å². The number of rotatable bonds is 44. The van der Waals surface area contributed by atoms with E-state index >= 15 is 0 Å². The maximum Gasteiger partial charge on any atom is 0.305 e. The third-order valence-corrected chi connectivity index (χ3v) is 10.9. The van der Waals surface area contributed by atoms with Crippen LogP contribution in [0.4, 0.5) is 0 Å². The molecule has 0 unspecified atom stereocenters. The lowest BCUT2D eigenvalue weighted by atomic mass is 10.0. The smallest absolute Gasteiger partial charge is 0.305 e. The van der Waals surface area contributed by atoms with Crippen molar-refractivity contribution in [1.29, 1.82) is 0 Å². The predicted molar refractivity (Wildman–Crippen MR) is 225 cm³/mol. The number of carbonyl (C=O) groups excluding carboxylic acids is 2. The lowest BCUT2D eigenvalue weighted by Gasteiger charge is -2.07. The molecule has 0 aliphatic rings. The van der Waals surface area contributed by atoms with E-state index in [0.29, 0.717) is 32.4 Å². The van der Waals surface area contributed by atoms with Crippen LogP contribution in [0.15, 0.2) is 0 Å². The monoisotopic (exact) mass is 720 g/mol. The van der Waals surface area contributed by atoms with Crippen molar-refractivity contribution in [2.45, 2.75) is 277 Å². The van der Waals surface area contributed by atoms with E-state index in [0.717, 1.165) is 25.7 Å². The number of amides is 1. The van der Waals surface area contributed by atoms with Crippen molar-refractivity contribution in [1.82, 2.24) is 5.32 Å². The molecule has 0 saturated carbocycles. The largest absolute Gasteiger partial charge is 0.466 e. The van der Waals surface area contributed by atoms with Crippen molar-refractivity contribution >= 4 is 11.9 Å². The minimum Gasteiger partial charge on any atom is -0.466 e. The Morgan fingerprint density at radius 1 is 0.333 bits per heavy atom. The van der Waals surface area contributed by atoms with Crippen LogP contribution in [0.5, 0.6) is 0 Å². The summed E-state index contributed by atoms with van der Waals surface area (Å²) in [6, 6.07) is 0. The average Bonchev–Trinajstić information content (AvgIpc) is 3.13. The van der Waals surface area contributed by atoms with Gasteiger partial charge in [0.1, 0.15) is 0 Å². The first kappa shape index (κ1) is 49.9. The van der Waals surface area contributed by atoms with Gasteiger partial charge >= 0.3 is 5.97 Å². The second-order valence-electron chi connectivity index (χ2n) is 16.2. The SMILES string of the molecule is CCCCCCCCCCCCCCCCCCCCCC(=O)NCCCOC(=O)CCCCCCCCCCCCCCCCCCCCC. The van der Waals surface area contributed by atoms with Crippen LogP contribution in [0.1, 0.15) is 277 Å². The zero-order chi connectivity index (χ0) is 37.0. The van der Waals surface area contributed by atoms with E-state index in [-0.39, 0.29) is 11.9 Å². The summed E-state index contributed by atoms with van der Waals surface area (Å²) in [6.45, 7) is 5.60. The number of ether oxygens (including phenoxy) is 1. The maximum atomic E-state index is 12.1. The Hall–Kier alpha value is -1.06. The molecule has 0 aliphatic heterocycles. The van der Waals surface area contributed by atoms with Crippen molar-refractivity contribution in [2.24, 2.45) is 0 Å². The summed E-state index contributed by atoms with van der Waals surface area (Å²) in [5, 5.41) is 2.99. The molecule has 1 N–H and O–H groups in total. The second kappa shape index (κ2) is 45.1. The molecule has 0 rings (SSSR count). The van der Waals surface area contributed by atoms with Gasteiger partial charge < -0.3 is 10.1 Å². The molecular weight excluding hydrogens is 627 g/mol. The highest BCUT2D eigenvalue weighted by molar-refractivity contribution is 5.75. The topological polar surface area (TPSA) is 55.4 Å². The Balaban J connectivity index is 3.24. The Kier molecular flexibility index (Phi) is 44.2. The summed E-state index contributed by atoms with van der Waals surface area (Å²) >= 11 is 0. The van der Waals surface area contributed by atoms with E-state index in [9.17, 15) is 9.59 Å². The summed E-state index contributed by atoms with van der Waals surface area (Å²) in [4.78, 5) is 24.1. The molecule has 4 heteroatoms. The molecule has 0 bridgehead atoms. The number of carbonyl (C=O) groups is 2. The van der Waals surface area contributed by atoms with Crippen molar-refractivity contribution in [3.8, 4) is 0 Å². The van der Waals surface area contributed by atoms with Gasteiger partial charge in [0.05, 0.1) is 6.61 Å². The van der Waals surface area contributed by atoms with Gasteiger partial charge in [0.15, 0.2) is 0 Å². The van der Waals surface area contributed by atoms with Crippen LogP contribution < -0.4 is 5.32 Å². The predicted octanol–water partition coefficient (Wildman–Crippen LogP) is 15.7. The van der Waals surface area contributed by atoms with E-state index in [1.165, 1.54) is 218 Å². The van der Waals surface area contributed by atoms with E-state index < -0.39 is 0 Å². The molecule has 0 aliphatic carbocycles. The zero-order valence-corrected chi connectivity index (χ0v) is 35.1. The normalized spacial score (nSPS) is 11.3. The van der Waals surface area contributed by atoms with E-state index in [1.807, 2.05) is 0 Å². The van der Waals surface area contributed by atoms with Crippen LogP contribution in [0.25, 0.3) is 0 Å². The lowest BCUT2D eigenvalue weighted by molar-refractivity contribution is -0.143. The second-order valence-corrected chi connectivity index (χ2v) is 16.2. The third kappa shape index (κ3) is 45.0. The van der Waals surface area contributed by atoms with Crippen LogP contribution >= 0.6 is 0 Å². The standard InChI is InChI=1S/C47H93NO3/c1-3-5-7-9-11-13-15-17-19-21-23-25-27-29-31-33-35-37-39-42-46(49)48-44-41-45-51-47(50)43-40-38-36-34-32-30-28-26-24-22-20-18-16-14-12-10-8-6-4-2/h3-45H2,1-2H3,(H,48,49). The van der Waals surface area contributed by atoms with Gasteiger partial charge in [0.25, 0.3) is 0 Å². The fraction of sp³-hybridized carbons (Fsp3) is 0.957. The van der Waals surface area contributed by atoms with Crippen LogP contribution in [-0.4, -0.2) is 25.0 Å². The summed E-state index contributed by atoms with van der Waals surface area (Å²) in [5.41, 5.74) is 0. The third-order valence-electron chi connectivity index (χ3n) is 10.9. The number of unbranched alkanes of at least 4 members (excludes halogenated alkanes) is 36. The van der Waals surface area contributed by atoms with Gasteiger partial charge in [-0.25, -0.2) is 0 Å². The van der Waals surface area contributed by atoms with Crippen LogP contribution in [0.2, 0.25) is 0 Å². The number of nitrogens with one attached hydrogen (secondary N) is 1. The van der Waals surface area contributed by atoms with Gasteiger partial charge in [-0.1, -0.05) is 245 Å². The Bertz CT molecular complexity index is 624. The first-order chi connectivity index (χ1) is 25.2. The van der Waals surface area contributed by atoms with Crippen LogP contribution in [0.3, 0.4) is 0 Å². The van der Waals surface area contributed by atoms with Crippen molar-refractivity contribution in [2.75, 3.05) is 13.2 Å². The summed E-state index contributed by atoms with van der Waals surface area (Å²) < 4.78 is 5.37. The molecule has 304 valence electrons. The van der Waals surface area contributed by atoms with E-state index in [1.54, 1.807) is 0 Å². The molecule has 0 atom stereocenters. The highest BCUT2D eigenvalue weighted by Gasteiger charge is 2.04. The Labute approximate surface area is 321 Å². The quantitative estimate of drug-likeness (QED) is 0.0504. The van der Waals surface area contributed by atoms with E-state index in [2.05, 4.69) is 19.2 Å². The minimum atomic E-state index is -0.0811. The van der Waals surface area contributed by atoms with Gasteiger partial charge in [-0.2, -0.15) is 0 Å². The fourth-order valence-corrected chi connectivity index (χ4v) is 7.36. The first-order valence-corrected chi connectivity index (χ1v) is 23.6. The Morgan fingerprint density at radius 2 is 0.588 bits per heavy atom. The molecule has 0 heterocycles. The molecule has 0 radical (unpaired) electrons. The summed E-state index contributed by atoms with van der Waals surface area (Å²) in [5.74, 6) is 0.0600. The molecule has 0 aromatic carbocycles. The Morgan fingerprint density at radius 3 is 0.882 bits per heavy atom. The molecular formula is C47H93NO3. The molecule has 0 aromatic rings. The van der Waals surface area contributed by atoms with Gasteiger partial charge in [0, 0.05) is 19.4 Å². The molecule has 0 saturated heterocycles. The van der Waals surface area contributed by atoms with Crippen LogP contribution in [0, 0.1) is 0 Å². The van der Waals surface area contributed by atoms with Gasteiger partial charge in [-0.3, -0.25) is 9.59 Å². The summed E-state index contributed by atoms with van der Waals surface area (Å²) in [6.07, 6.45) is 53.7. The average molecular weight is 720 g/mol. The molecule has 51 heavy (non-hydrogen) atoms. The highest BCUT2D eigenvalue weighted by Crippen LogP contribution is 2.16. The first-order valence-electron chi connectivity index (χ1n) is 23.6. The number of hydrogen-bond donors (Lipinski definition) is 1. The molecule has 4 nitrogen and oxygen atoms in total. The minimum absolute atomic E-state index is 0.0811. The highest BCUT2D eigenvalue weighted by atomic mass is 16.5. The van der Waals surface area contributed by atoms with Crippen molar-refractivity contribution < 1.29 is 14.3 Å². The maximum absolute atomic E-state index is 12.1. The zero-order valence-electron chi connectivity index (χ0n) is 35.1. The molecule has 0 aromatic heterocycles. The fourth-order valence-electron chi connectivity index (χ4n) is 7.36. The number of hydrogen-bond acceptors (Lipinski definition) is 3. The van der Waals surface area contributed by atoms with Gasteiger partial charge in [-0.05, 0) is 19.3 Å². The number of esters is 1. The van der Waals surface area contributed by atoms with Gasteiger partial charge in [-0.15, -0.1) is 0 Å².